The number of nitrogens with zero attached hydrogens (tertiary/aromatic N) is 3. The van der Waals surface area contributed by atoms with Gasteiger partial charge in [0.1, 0.15) is 11.6 Å². The number of phenolic OH excluding ortho intramolecular Hbond substituents is 1. The van der Waals surface area contributed by atoms with Crippen molar-refractivity contribution in [2.75, 3.05) is 0 Å². The van der Waals surface area contributed by atoms with Crippen molar-refractivity contribution in [3.05, 3.63) is 166 Å². The van der Waals surface area contributed by atoms with Crippen LogP contribution in [-0.2, 0) is 31.9 Å². The van der Waals surface area contributed by atoms with Crippen LogP contribution >= 0.6 is 0 Å². The van der Waals surface area contributed by atoms with E-state index in [0.717, 1.165) is 33.4 Å². The molecule has 6 aromatic carbocycles. The van der Waals surface area contributed by atoms with Crippen LogP contribution in [0, 0.1) is 12.9 Å². The maximum Gasteiger partial charge on any atom is 0.148 e. The Balaban J connectivity index is 0.00000946. The zero-order valence-corrected chi connectivity index (χ0v) is 43.2. The Bertz CT molecular complexity index is 3590. The van der Waals surface area contributed by atoms with Gasteiger partial charge < -0.3 is 5.11 Å². The summed E-state index contributed by atoms with van der Waals surface area (Å²) in [6.07, 6.45) is 1.62. The quantitative estimate of drug-likeness (QED) is 0.139. The summed E-state index contributed by atoms with van der Waals surface area (Å²) in [5.74, 6) is -0.562. The van der Waals surface area contributed by atoms with E-state index in [-0.39, 0.29) is 55.7 Å². The summed E-state index contributed by atoms with van der Waals surface area (Å²) in [5.41, 5.74) is 7.61. The first-order valence-corrected chi connectivity index (χ1v) is 23.2. The van der Waals surface area contributed by atoms with Crippen LogP contribution in [0.5, 0.6) is 5.75 Å². The Morgan fingerprint density at radius 1 is 0.632 bits per heavy atom. The first-order chi connectivity index (χ1) is 36.9. The number of imidazole rings is 1. The average Bonchev–Trinajstić information content (AvgIpc) is 3.89. The van der Waals surface area contributed by atoms with E-state index in [0.29, 0.717) is 67.2 Å². The summed E-state index contributed by atoms with van der Waals surface area (Å²) in [6.45, 7) is 9.48. The molecule has 0 saturated heterocycles. The van der Waals surface area contributed by atoms with Gasteiger partial charge in [0.25, 0.3) is 0 Å². The zero-order valence-electron chi connectivity index (χ0n) is 53.9. The largest absolute Gasteiger partial charge is 0.507 e. The molecule has 1 N–H and O–H groups in total. The van der Waals surface area contributed by atoms with Crippen LogP contribution in [0.15, 0.2) is 121 Å². The second-order valence-corrected chi connectivity index (χ2v) is 20.1. The van der Waals surface area contributed by atoms with Crippen molar-refractivity contribution in [3.8, 4) is 67.5 Å². The van der Waals surface area contributed by atoms with Crippen molar-refractivity contribution in [1.29, 1.82) is 0 Å². The Kier molecular flexibility index (Phi) is 10.2. The standard InChI is InChI=1S/C63H70N3O.Pt/c1-37(2)45-34-53(40(7)8)60(67)54(35-45)61-65-59-52(20-17-21-57(59)66(61)56-27-24-44(30-41(56)9)58-50(38(3)4)18-16-19-51(58)39(5)6)46-31-47(33-49(32-46)63(13,14)15)55-36-43(28-29-64-55)42-22-25-48(26-23-42)62(10,11)12;/h16-30,32-40,67H,1-15H3;/q-1;/i9D3,10D3,11D3,12D3,38D;. The molecule has 0 amide bonds. The maximum atomic E-state index is 12.4. The molecule has 0 bridgehead atoms. The Labute approximate surface area is 439 Å². The van der Waals surface area contributed by atoms with Crippen molar-refractivity contribution in [1.82, 2.24) is 14.5 Å². The SMILES string of the molecule is [2H]C([2H])([2H])c1cc(-c2c(C(C)C)cccc2C([2H])(C)C)ccc1-n1c(-c2cc(C(C)C)cc(C(C)C)c2O)nc2c(-c3[c-]c(-c4cc(-c5ccc(C(C([2H])([2H])[2H])(C([2H])([2H])[2H])C([2H])([2H])[2H])cc5)ccn4)cc(C(C)(C)C)c3)cccc21.[Pt]. The van der Waals surface area contributed by atoms with Crippen LogP contribution in [0.25, 0.3) is 72.7 Å². The first-order valence-electron chi connectivity index (χ1n) is 29.7. The van der Waals surface area contributed by atoms with Crippen molar-refractivity contribution < 1.29 is 44.0 Å². The molecule has 0 aliphatic carbocycles. The smallest absolute Gasteiger partial charge is 0.148 e. The molecule has 0 radical (unpaired) electrons. The molecule has 4 nitrogen and oxygen atoms in total. The molecule has 68 heavy (non-hydrogen) atoms. The van der Waals surface area contributed by atoms with Crippen LogP contribution in [0.4, 0.5) is 0 Å². The molecule has 2 heterocycles. The second-order valence-electron chi connectivity index (χ2n) is 20.1. The van der Waals surface area contributed by atoms with Crippen LogP contribution in [-0.4, -0.2) is 19.6 Å². The van der Waals surface area contributed by atoms with Gasteiger partial charge in [-0.1, -0.05) is 181 Å². The summed E-state index contributed by atoms with van der Waals surface area (Å²) in [4.78, 5) is 10.2. The fraction of sp³-hybridized carbons (Fsp3) is 0.333. The molecule has 8 aromatic rings. The third-order valence-corrected chi connectivity index (χ3v) is 12.9. The third kappa shape index (κ3) is 9.82. The average molecular weight is 1090 g/mol. The summed E-state index contributed by atoms with van der Waals surface area (Å²) >= 11 is 0. The number of pyridine rings is 1. The number of rotatable bonds is 10. The molecular weight excluding hydrogens is 1010 g/mol. The minimum atomic E-state index is -3.40. The van der Waals surface area contributed by atoms with E-state index in [1.165, 1.54) is 24.3 Å². The number of aryl methyl sites for hydroxylation is 1. The van der Waals surface area contributed by atoms with Gasteiger partial charge in [-0.25, -0.2) is 4.98 Å². The van der Waals surface area contributed by atoms with E-state index < -0.39 is 44.1 Å². The number of phenols is 1. The van der Waals surface area contributed by atoms with Gasteiger partial charge in [0.05, 0.1) is 22.3 Å². The minimum absolute atomic E-state index is 0. The summed E-state index contributed by atoms with van der Waals surface area (Å²) in [6, 6.07) is 38.0. The summed E-state index contributed by atoms with van der Waals surface area (Å²) in [7, 11) is 0. The molecule has 354 valence electrons. The second kappa shape index (κ2) is 19.4. The molecule has 0 aliphatic heterocycles. The fourth-order valence-corrected chi connectivity index (χ4v) is 9.00. The Morgan fingerprint density at radius 3 is 1.96 bits per heavy atom. The molecule has 2 aromatic heterocycles. The molecule has 0 saturated carbocycles. The van der Waals surface area contributed by atoms with Crippen LogP contribution < -0.4 is 0 Å². The minimum Gasteiger partial charge on any atom is -0.507 e. The van der Waals surface area contributed by atoms with Crippen molar-refractivity contribution in [3.63, 3.8) is 0 Å². The molecule has 8 rings (SSSR count). The molecule has 0 fully saturated rings. The molecule has 0 atom stereocenters. The fourth-order valence-electron chi connectivity index (χ4n) is 9.00. The van der Waals surface area contributed by atoms with Gasteiger partial charge >= 0.3 is 0 Å². The number of hydrogen-bond donors (Lipinski definition) is 1. The zero-order chi connectivity index (χ0) is 59.2. The number of aromatic hydroxyl groups is 1. The summed E-state index contributed by atoms with van der Waals surface area (Å²) < 4.78 is 113. The molecule has 0 spiro atoms. The van der Waals surface area contributed by atoms with Crippen molar-refractivity contribution in [2.45, 2.75) is 138 Å². The van der Waals surface area contributed by atoms with Gasteiger partial charge in [0.2, 0.25) is 0 Å². The number of fused-ring (bicyclic) bond motifs is 1. The van der Waals surface area contributed by atoms with Crippen LogP contribution in [0.1, 0.15) is 177 Å². The Hall–Kier alpha value is -5.57. The Morgan fingerprint density at radius 2 is 1.31 bits per heavy atom. The molecule has 5 heteroatoms. The molecule has 0 aliphatic rings. The van der Waals surface area contributed by atoms with E-state index in [1.54, 1.807) is 18.3 Å². The predicted molar refractivity (Wildman–Crippen MR) is 285 cm³/mol. The van der Waals surface area contributed by atoms with Crippen LogP contribution in [0.2, 0.25) is 0 Å². The van der Waals surface area contributed by atoms with E-state index in [1.807, 2.05) is 105 Å². The predicted octanol–water partition coefficient (Wildman–Crippen LogP) is 17.7. The van der Waals surface area contributed by atoms with Crippen LogP contribution in [0.3, 0.4) is 0 Å². The van der Waals surface area contributed by atoms with Gasteiger partial charge in [0.15, 0.2) is 0 Å². The number of hydrogen-bond acceptors (Lipinski definition) is 3. The van der Waals surface area contributed by atoms with Gasteiger partial charge in [-0.3, -0.25) is 9.55 Å². The number of benzene rings is 6. The topological polar surface area (TPSA) is 50.9 Å². The number of para-hydroxylation sites is 1. The summed E-state index contributed by atoms with van der Waals surface area (Å²) in [5, 5.41) is 12.4. The van der Waals surface area contributed by atoms with E-state index in [9.17, 15) is 10.6 Å². The van der Waals surface area contributed by atoms with E-state index in [2.05, 4.69) is 60.6 Å². The van der Waals surface area contributed by atoms with Gasteiger partial charge in [-0.2, -0.15) is 0 Å². The van der Waals surface area contributed by atoms with Gasteiger partial charge in [-0.05, 0) is 127 Å². The van der Waals surface area contributed by atoms with E-state index in [4.69, 9.17) is 22.3 Å². The molecule has 0 unspecified atom stereocenters. The van der Waals surface area contributed by atoms with Crippen molar-refractivity contribution >= 4 is 11.0 Å². The van der Waals surface area contributed by atoms with E-state index >= 15 is 0 Å². The third-order valence-electron chi connectivity index (χ3n) is 12.9. The van der Waals surface area contributed by atoms with Gasteiger partial charge in [-0.15, -0.1) is 29.3 Å². The normalized spacial score (nSPS) is 15.9. The van der Waals surface area contributed by atoms with Gasteiger partial charge in [0, 0.05) is 50.8 Å². The van der Waals surface area contributed by atoms with Crippen molar-refractivity contribution in [2.24, 2.45) is 0 Å². The maximum absolute atomic E-state index is 12.4. The molecular formula is C63H70N3OPt-. The first kappa shape index (κ1) is 35.5. The monoisotopic (exact) mass is 1090 g/mol. The number of aromatic nitrogens is 3.